The highest BCUT2D eigenvalue weighted by Crippen LogP contribution is 2.06. The molecule has 0 radical (unpaired) electrons. The van der Waals surface area contributed by atoms with E-state index in [0.717, 1.165) is 19.4 Å². The minimum atomic E-state index is 0.299. The molecule has 0 aromatic heterocycles. The Morgan fingerprint density at radius 2 is 1.69 bits per heavy atom. The quantitative estimate of drug-likeness (QED) is 0.490. The van der Waals surface area contributed by atoms with Crippen molar-refractivity contribution in [1.29, 1.82) is 5.41 Å². The van der Waals surface area contributed by atoms with E-state index in [4.69, 9.17) is 11.1 Å². The summed E-state index contributed by atoms with van der Waals surface area (Å²) < 4.78 is 0. The molecule has 0 bridgehead atoms. The lowest BCUT2D eigenvalue weighted by molar-refractivity contribution is 0.174. The Hall–Kier alpha value is -0.570. The van der Waals surface area contributed by atoms with E-state index in [1.54, 1.807) is 0 Å². The first-order valence-corrected chi connectivity index (χ1v) is 5.03. The van der Waals surface area contributed by atoms with Crippen molar-refractivity contribution in [2.75, 3.05) is 6.54 Å². The fourth-order valence-electron chi connectivity index (χ4n) is 1.56. The summed E-state index contributed by atoms with van der Waals surface area (Å²) in [6.45, 7) is 9.85. The first kappa shape index (κ1) is 12.4. The first-order chi connectivity index (χ1) is 5.95. The van der Waals surface area contributed by atoms with Gasteiger partial charge in [0.2, 0.25) is 0 Å². The maximum atomic E-state index is 7.11. The number of rotatable bonds is 6. The summed E-state index contributed by atoms with van der Waals surface area (Å²) in [5.74, 6) is 0.299. The van der Waals surface area contributed by atoms with Crippen LogP contribution in [-0.2, 0) is 0 Å². The fourth-order valence-corrected chi connectivity index (χ4v) is 1.56. The fraction of sp³-hybridized carbons (Fsp3) is 0.900. The molecule has 0 aromatic rings. The minimum absolute atomic E-state index is 0.299. The molecule has 0 aliphatic carbocycles. The highest BCUT2D eigenvalue weighted by molar-refractivity contribution is 5.76. The molecule has 0 aromatic carbocycles. The molecule has 0 aliphatic heterocycles. The van der Waals surface area contributed by atoms with Gasteiger partial charge < -0.3 is 5.73 Å². The van der Waals surface area contributed by atoms with Gasteiger partial charge in [0.25, 0.3) is 0 Å². The molecule has 0 atom stereocenters. The van der Waals surface area contributed by atoms with Crippen LogP contribution in [0.3, 0.4) is 0 Å². The van der Waals surface area contributed by atoms with E-state index in [1.807, 2.05) is 0 Å². The number of nitrogens with zero attached hydrogens (tertiary/aromatic N) is 1. The molecule has 3 heteroatoms. The van der Waals surface area contributed by atoms with Gasteiger partial charge in [-0.2, -0.15) is 0 Å². The molecule has 0 unspecified atom stereocenters. The lowest BCUT2D eigenvalue weighted by atomic mass is 10.2. The predicted molar refractivity (Wildman–Crippen MR) is 58.1 cm³/mol. The summed E-state index contributed by atoms with van der Waals surface area (Å²) in [5.41, 5.74) is 5.30. The van der Waals surface area contributed by atoms with E-state index in [1.165, 1.54) is 0 Å². The Bertz CT molecular complexity index is 144. The van der Waals surface area contributed by atoms with Crippen LogP contribution >= 0.6 is 0 Å². The predicted octanol–water partition coefficient (Wildman–Crippen LogP) is 1.82. The second-order valence-electron chi connectivity index (χ2n) is 4.05. The molecule has 78 valence electrons. The number of nitrogens with one attached hydrogen (secondary N) is 1. The Labute approximate surface area is 81.8 Å². The minimum Gasteiger partial charge on any atom is -0.388 e. The van der Waals surface area contributed by atoms with Crippen molar-refractivity contribution in [2.24, 2.45) is 5.73 Å². The van der Waals surface area contributed by atoms with E-state index in [-0.39, 0.29) is 0 Å². The highest BCUT2D eigenvalue weighted by Gasteiger charge is 2.12. The van der Waals surface area contributed by atoms with Gasteiger partial charge in [-0.1, -0.05) is 0 Å². The summed E-state index contributed by atoms with van der Waals surface area (Å²) in [4.78, 5) is 2.42. The van der Waals surface area contributed by atoms with Crippen molar-refractivity contribution in [3.05, 3.63) is 0 Å². The maximum Gasteiger partial charge on any atom is 0.0905 e. The molecule has 0 amide bonds. The molecule has 0 saturated heterocycles. The Morgan fingerprint density at radius 1 is 1.23 bits per heavy atom. The summed E-state index contributed by atoms with van der Waals surface area (Å²) in [5, 5.41) is 7.11. The third kappa shape index (κ3) is 5.64. The average Bonchev–Trinajstić information content (AvgIpc) is 1.95. The van der Waals surface area contributed by atoms with E-state index in [0.29, 0.717) is 17.9 Å². The number of amidine groups is 1. The molecule has 0 aliphatic rings. The monoisotopic (exact) mass is 185 g/mol. The van der Waals surface area contributed by atoms with Gasteiger partial charge in [-0.3, -0.25) is 10.3 Å². The van der Waals surface area contributed by atoms with Crippen molar-refractivity contribution in [1.82, 2.24) is 4.90 Å². The zero-order chi connectivity index (χ0) is 10.4. The molecule has 0 saturated carbocycles. The number of hydrogen-bond acceptors (Lipinski definition) is 2. The molecular weight excluding hydrogens is 162 g/mol. The van der Waals surface area contributed by atoms with Crippen LogP contribution in [0.25, 0.3) is 0 Å². The van der Waals surface area contributed by atoms with Crippen LogP contribution in [0.4, 0.5) is 0 Å². The van der Waals surface area contributed by atoms with Gasteiger partial charge in [-0.15, -0.1) is 0 Å². The van der Waals surface area contributed by atoms with Crippen molar-refractivity contribution < 1.29 is 0 Å². The van der Waals surface area contributed by atoms with Crippen LogP contribution in [0.5, 0.6) is 0 Å². The Kier molecular flexibility index (Phi) is 5.71. The molecule has 0 rings (SSSR count). The van der Waals surface area contributed by atoms with Gasteiger partial charge in [0.15, 0.2) is 0 Å². The molecule has 0 fully saturated rings. The van der Waals surface area contributed by atoms with Crippen molar-refractivity contribution in [2.45, 2.75) is 52.6 Å². The molecular formula is C10H23N3. The van der Waals surface area contributed by atoms with Crippen LogP contribution in [0.15, 0.2) is 0 Å². The topological polar surface area (TPSA) is 53.1 Å². The maximum absolute atomic E-state index is 7.11. The summed E-state index contributed by atoms with van der Waals surface area (Å²) in [6.07, 6.45) is 1.71. The third-order valence-electron chi connectivity index (χ3n) is 2.19. The molecule has 3 N–H and O–H groups in total. The van der Waals surface area contributed by atoms with Gasteiger partial charge in [0, 0.05) is 18.5 Å². The van der Waals surface area contributed by atoms with Gasteiger partial charge in [0.1, 0.15) is 0 Å². The number of nitrogens with two attached hydrogens (primary N) is 1. The van der Waals surface area contributed by atoms with E-state index >= 15 is 0 Å². The van der Waals surface area contributed by atoms with Crippen LogP contribution in [0.1, 0.15) is 40.5 Å². The van der Waals surface area contributed by atoms with Gasteiger partial charge in [-0.25, -0.2) is 0 Å². The average molecular weight is 185 g/mol. The van der Waals surface area contributed by atoms with Crippen molar-refractivity contribution in [3.8, 4) is 0 Å². The molecule has 3 nitrogen and oxygen atoms in total. The van der Waals surface area contributed by atoms with Crippen LogP contribution in [0.2, 0.25) is 0 Å². The van der Waals surface area contributed by atoms with Gasteiger partial charge in [-0.05, 0) is 40.7 Å². The van der Waals surface area contributed by atoms with Crippen LogP contribution in [-0.4, -0.2) is 29.4 Å². The Balaban J connectivity index is 3.77. The normalized spacial score (nSPS) is 11.6. The molecule has 0 spiro atoms. The Morgan fingerprint density at radius 3 is 2.00 bits per heavy atom. The van der Waals surface area contributed by atoms with E-state index in [9.17, 15) is 0 Å². The second kappa shape index (κ2) is 5.97. The molecule has 0 heterocycles. The standard InChI is InChI=1S/C10H23N3/c1-8(2)13(9(3)4)7-5-6-10(11)12/h8-9H,5-7H2,1-4H3,(H3,11,12). The lowest BCUT2D eigenvalue weighted by Crippen LogP contribution is -2.38. The van der Waals surface area contributed by atoms with E-state index in [2.05, 4.69) is 32.6 Å². The van der Waals surface area contributed by atoms with E-state index < -0.39 is 0 Å². The lowest BCUT2D eigenvalue weighted by Gasteiger charge is -2.30. The van der Waals surface area contributed by atoms with Crippen molar-refractivity contribution >= 4 is 5.84 Å². The zero-order valence-corrected chi connectivity index (χ0v) is 9.30. The highest BCUT2D eigenvalue weighted by atomic mass is 15.2. The SMILES string of the molecule is CC(C)N(CCCC(=N)N)C(C)C. The molecule has 13 heavy (non-hydrogen) atoms. The summed E-state index contributed by atoms with van der Waals surface area (Å²) in [6, 6.07) is 1.15. The largest absolute Gasteiger partial charge is 0.388 e. The van der Waals surface area contributed by atoms with Gasteiger partial charge in [0.05, 0.1) is 5.84 Å². The van der Waals surface area contributed by atoms with Crippen molar-refractivity contribution in [3.63, 3.8) is 0 Å². The summed E-state index contributed by atoms with van der Waals surface area (Å²) in [7, 11) is 0. The smallest absolute Gasteiger partial charge is 0.0905 e. The number of hydrogen-bond donors (Lipinski definition) is 2. The van der Waals surface area contributed by atoms with Crippen LogP contribution < -0.4 is 5.73 Å². The van der Waals surface area contributed by atoms with Crippen LogP contribution in [0, 0.1) is 5.41 Å². The third-order valence-corrected chi connectivity index (χ3v) is 2.19. The van der Waals surface area contributed by atoms with Gasteiger partial charge >= 0.3 is 0 Å². The zero-order valence-electron chi connectivity index (χ0n) is 9.30. The first-order valence-electron chi connectivity index (χ1n) is 5.03. The summed E-state index contributed by atoms with van der Waals surface area (Å²) >= 11 is 0. The second-order valence-corrected chi connectivity index (χ2v) is 4.05.